The van der Waals surface area contributed by atoms with Crippen molar-refractivity contribution in [3.05, 3.63) is 33.8 Å². The summed E-state index contributed by atoms with van der Waals surface area (Å²) in [6.45, 7) is 4.55. The van der Waals surface area contributed by atoms with E-state index in [9.17, 15) is 4.79 Å². The minimum atomic E-state index is -0.398. The van der Waals surface area contributed by atoms with Gasteiger partial charge in [0.1, 0.15) is 0 Å². The van der Waals surface area contributed by atoms with Crippen molar-refractivity contribution < 1.29 is 9.90 Å². The number of likely N-dealkylation sites (N-methyl/N-ethyl adjacent to an activating group) is 1. The first-order valence-corrected chi connectivity index (χ1v) is 7.09. The summed E-state index contributed by atoms with van der Waals surface area (Å²) >= 11 is 12.4. The fraction of sp³-hybridized carbons (Fsp3) is 0.500. The highest BCUT2D eigenvalue weighted by Gasteiger charge is 2.27. The van der Waals surface area contributed by atoms with Crippen molar-refractivity contribution in [2.75, 3.05) is 26.7 Å². The number of aliphatic hydroxyl groups is 1. The fourth-order valence-electron chi connectivity index (χ4n) is 1.92. The topological polar surface area (TPSA) is 52.6 Å². The average Bonchev–Trinajstić information content (AvgIpc) is 2.35. The molecule has 2 N–H and O–H groups in total. The molecule has 0 saturated carbocycles. The first-order valence-electron chi connectivity index (χ1n) is 6.34. The highest BCUT2D eigenvalue weighted by atomic mass is 35.5. The largest absolute Gasteiger partial charge is 0.395 e. The van der Waals surface area contributed by atoms with Crippen LogP contribution in [0, 0.1) is 0 Å². The number of halogens is 2. The van der Waals surface area contributed by atoms with Gasteiger partial charge in [0, 0.05) is 35.6 Å². The molecule has 0 saturated heterocycles. The number of amides is 2. The minimum Gasteiger partial charge on any atom is -0.395 e. The number of hydrogen-bond acceptors (Lipinski definition) is 2. The predicted molar refractivity (Wildman–Crippen MR) is 82.6 cm³/mol. The van der Waals surface area contributed by atoms with Crippen LogP contribution in [0.25, 0.3) is 0 Å². The zero-order valence-corrected chi connectivity index (χ0v) is 13.4. The standard InChI is InChI=1S/C14H20Cl2N2O2/c1-14(2,9-17-13(20)18(3)7-8-19)12-10(15)5-4-6-11(12)16/h4-6,19H,7-9H2,1-3H3,(H,17,20). The van der Waals surface area contributed by atoms with Crippen LogP contribution >= 0.6 is 23.2 Å². The molecule has 2 amide bonds. The van der Waals surface area contributed by atoms with E-state index in [4.69, 9.17) is 28.3 Å². The van der Waals surface area contributed by atoms with Gasteiger partial charge in [-0.1, -0.05) is 43.1 Å². The van der Waals surface area contributed by atoms with E-state index in [0.717, 1.165) is 5.56 Å². The molecule has 0 bridgehead atoms. The number of nitrogens with zero attached hydrogens (tertiary/aromatic N) is 1. The number of benzene rings is 1. The second-order valence-electron chi connectivity index (χ2n) is 5.28. The molecular formula is C14H20Cl2N2O2. The molecule has 0 aliphatic rings. The second-order valence-corrected chi connectivity index (χ2v) is 6.10. The Morgan fingerprint density at radius 2 is 1.90 bits per heavy atom. The molecule has 1 rings (SSSR count). The zero-order valence-electron chi connectivity index (χ0n) is 11.9. The lowest BCUT2D eigenvalue weighted by atomic mass is 9.84. The summed E-state index contributed by atoms with van der Waals surface area (Å²) < 4.78 is 0. The minimum absolute atomic E-state index is 0.0658. The maximum absolute atomic E-state index is 11.8. The van der Waals surface area contributed by atoms with Gasteiger partial charge in [-0.2, -0.15) is 0 Å². The van der Waals surface area contributed by atoms with Gasteiger partial charge in [-0.25, -0.2) is 4.79 Å². The van der Waals surface area contributed by atoms with Crippen molar-refractivity contribution in [3.8, 4) is 0 Å². The van der Waals surface area contributed by atoms with Gasteiger partial charge in [0.15, 0.2) is 0 Å². The van der Waals surface area contributed by atoms with Gasteiger partial charge >= 0.3 is 6.03 Å². The van der Waals surface area contributed by atoms with Crippen LogP contribution in [-0.4, -0.2) is 42.8 Å². The van der Waals surface area contributed by atoms with E-state index in [0.29, 0.717) is 23.1 Å². The quantitative estimate of drug-likeness (QED) is 0.877. The Morgan fingerprint density at radius 1 is 1.35 bits per heavy atom. The molecule has 1 aromatic rings. The first-order chi connectivity index (χ1) is 9.29. The smallest absolute Gasteiger partial charge is 0.317 e. The fourth-order valence-corrected chi connectivity index (χ4v) is 2.82. The maximum Gasteiger partial charge on any atom is 0.317 e. The Balaban J connectivity index is 2.78. The molecule has 0 aliphatic carbocycles. The van der Waals surface area contributed by atoms with E-state index in [1.54, 1.807) is 25.2 Å². The van der Waals surface area contributed by atoms with Gasteiger partial charge in [0.25, 0.3) is 0 Å². The summed E-state index contributed by atoms with van der Waals surface area (Å²) in [5.74, 6) is 0. The molecular weight excluding hydrogens is 299 g/mol. The van der Waals surface area contributed by atoms with Crippen LogP contribution in [0.5, 0.6) is 0 Å². The average molecular weight is 319 g/mol. The summed E-state index contributed by atoms with van der Waals surface area (Å²) in [4.78, 5) is 13.2. The second kappa shape index (κ2) is 7.16. The molecule has 4 nitrogen and oxygen atoms in total. The normalized spacial score (nSPS) is 11.3. The van der Waals surface area contributed by atoms with Crippen molar-refractivity contribution in [2.24, 2.45) is 0 Å². The summed E-state index contributed by atoms with van der Waals surface area (Å²) in [6.07, 6.45) is 0. The van der Waals surface area contributed by atoms with Gasteiger partial charge in [-0.15, -0.1) is 0 Å². The van der Waals surface area contributed by atoms with Gasteiger partial charge in [-0.05, 0) is 17.7 Å². The van der Waals surface area contributed by atoms with E-state index >= 15 is 0 Å². The molecule has 1 aromatic carbocycles. The molecule has 0 spiro atoms. The molecule has 0 heterocycles. The van der Waals surface area contributed by atoms with E-state index in [1.807, 2.05) is 13.8 Å². The highest BCUT2D eigenvalue weighted by Crippen LogP contribution is 2.35. The number of rotatable bonds is 5. The van der Waals surface area contributed by atoms with Crippen molar-refractivity contribution in [3.63, 3.8) is 0 Å². The lowest BCUT2D eigenvalue weighted by molar-refractivity contribution is 0.188. The molecule has 112 valence electrons. The monoisotopic (exact) mass is 318 g/mol. The molecule has 0 atom stereocenters. The van der Waals surface area contributed by atoms with E-state index in [-0.39, 0.29) is 12.6 Å². The molecule has 0 unspecified atom stereocenters. The zero-order chi connectivity index (χ0) is 15.3. The summed E-state index contributed by atoms with van der Waals surface area (Å²) in [5, 5.41) is 12.8. The third-order valence-electron chi connectivity index (χ3n) is 3.10. The Morgan fingerprint density at radius 3 is 2.40 bits per heavy atom. The SMILES string of the molecule is CN(CCO)C(=O)NCC(C)(C)c1c(Cl)cccc1Cl. The van der Waals surface area contributed by atoms with Crippen molar-refractivity contribution in [1.29, 1.82) is 0 Å². The number of carbonyl (C=O) groups excluding carboxylic acids is 1. The molecule has 0 aliphatic heterocycles. The summed E-state index contributed by atoms with van der Waals surface area (Å²) in [6, 6.07) is 5.11. The van der Waals surface area contributed by atoms with Crippen LogP contribution in [0.15, 0.2) is 18.2 Å². The van der Waals surface area contributed by atoms with E-state index in [2.05, 4.69) is 5.32 Å². The number of hydrogen-bond donors (Lipinski definition) is 2. The van der Waals surface area contributed by atoms with Gasteiger partial charge in [0.05, 0.1) is 6.61 Å². The van der Waals surface area contributed by atoms with Gasteiger partial charge < -0.3 is 15.3 Å². The molecule has 20 heavy (non-hydrogen) atoms. The highest BCUT2D eigenvalue weighted by molar-refractivity contribution is 6.36. The maximum atomic E-state index is 11.8. The molecule has 0 fully saturated rings. The van der Waals surface area contributed by atoms with Crippen LogP contribution in [0.4, 0.5) is 4.79 Å². The molecule has 6 heteroatoms. The Bertz CT molecular complexity index is 458. The Hall–Kier alpha value is -0.970. The van der Waals surface area contributed by atoms with Crippen LogP contribution in [-0.2, 0) is 5.41 Å². The predicted octanol–water partition coefficient (Wildman–Crippen LogP) is 2.90. The lowest BCUT2D eigenvalue weighted by Gasteiger charge is -2.29. The van der Waals surface area contributed by atoms with Gasteiger partial charge in [-0.3, -0.25) is 0 Å². The summed E-state index contributed by atoms with van der Waals surface area (Å²) in [7, 11) is 1.63. The van der Waals surface area contributed by atoms with E-state index in [1.165, 1.54) is 4.90 Å². The lowest BCUT2D eigenvalue weighted by Crippen LogP contribution is -2.44. The van der Waals surface area contributed by atoms with Crippen LogP contribution in [0.2, 0.25) is 10.0 Å². The molecule has 0 aromatic heterocycles. The number of aliphatic hydroxyl groups excluding tert-OH is 1. The van der Waals surface area contributed by atoms with Crippen LogP contribution < -0.4 is 5.32 Å². The van der Waals surface area contributed by atoms with Crippen LogP contribution in [0.3, 0.4) is 0 Å². The first kappa shape index (κ1) is 17.1. The third kappa shape index (κ3) is 4.27. The molecule has 0 radical (unpaired) electrons. The number of nitrogens with one attached hydrogen (secondary N) is 1. The van der Waals surface area contributed by atoms with E-state index < -0.39 is 5.41 Å². The van der Waals surface area contributed by atoms with Crippen molar-refractivity contribution in [1.82, 2.24) is 10.2 Å². The van der Waals surface area contributed by atoms with Crippen molar-refractivity contribution >= 4 is 29.2 Å². The Kier molecular flexibility index (Phi) is 6.11. The summed E-state index contributed by atoms with van der Waals surface area (Å²) in [5.41, 5.74) is 0.416. The van der Waals surface area contributed by atoms with Crippen molar-refractivity contribution in [2.45, 2.75) is 19.3 Å². The Labute approximate surface area is 129 Å². The van der Waals surface area contributed by atoms with Crippen LogP contribution in [0.1, 0.15) is 19.4 Å². The van der Waals surface area contributed by atoms with Gasteiger partial charge in [0.2, 0.25) is 0 Å². The number of urea groups is 1. The third-order valence-corrected chi connectivity index (χ3v) is 3.73. The number of carbonyl (C=O) groups is 1.